The monoisotopic (exact) mass is 314 g/mol. The van der Waals surface area contributed by atoms with Crippen molar-refractivity contribution in [3.63, 3.8) is 0 Å². The number of aromatic nitrogens is 1. The Bertz CT molecular complexity index is 663. The standard InChI is InChI=1S/C17H22N4O2/c22-17(23)19-7-3-9-20-10-12-21(13-11-20)16-15-5-2-1-4-14(15)6-8-18-16/h1-2,4-6,8,19H,3,7,9-13H2,(H,22,23). The summed E-state index contributed by atoms with van der Waals surface area (Å²) in [6.45, 7) is 5.31. The zero-order valence-electron chi connectivity index (χ0n) is 13.1. The number of amides is 1. The summed E-state index contributed by atoms with van der Waals surface area (Å²) >= 11 is 0. The molecule has 6 heteroatoms. The minimum atomic E-state index is -0.947. The van der Waals surface area contributed by atoms with Gasteiger partial charge >= 0.3 is 6.09 Å². The van der Waals surface area contributed by atoms with E-state index < -0.39 is 6.09 Å². The van der Waals surface area contributed by atoms with Gasteiger partial charge in [0, 0.05) is 44.3 Å². The second-order valence-electron chi connectivity index (χ2n) is 5.77. The van der Waals surface area contributed by atoms with Gasteiger partial charge in [-0.05, 0) is 24.4 Å². The lowest BCUT2D eigenvalue weighted by molar-refractivity contribution is 0.192. The van der Waals surface area contributed by atoms with Gasteiger partial charge in [0.1, 0.15) is 5.82 Å². The highest BCUT2D eigenvalue weighted by Gasteiger charge is 2.19. The number of carbonyl (C=O) groups is 1. The second kappa shape index (κ2) is 7.28. The van der Waals surface area contributed by atoms with Crippen LogP contribution in [0.3, 0.4) is 0 Å². The van der Waals surface area contributed by atoms with Crippen molar-refractivity contribution in [1.82, 2.24) is 15.2 Å². The summed E-state index contributed by atoms with van der Waals surface area (Å²) in [7, 11) is 0. The van der Waals surface area contributed by atoms with Crippen LogP contribution in [0.4, 0.5) is 10.6 Å². The maximum absolute atomic E-state index is 10.4. The first-order valence-corrected chi connectivity index (χ1v) is 8.02. The molecule has 0 unspecified atom stereocenters. The fourth-order valence-electron chi connectivity index (χ4n) is 3.04. The van der Waals surface area contributed by atoms with Gasteiger partial charge in [-0.2, -0.15) is 0 Å². The second-order valence-corrected chi connectivity index (χ2v) is 5.77. The maximum atomic E-state index is 10.4. The van der Waals surface area contributed by atoms with E-state index in [1.54, 1.807) is 0 Å². The van der Waals surface area contributed by atoms with Crippen LogP contribution in [0.1, 0.15) is 6.42 Å². The first kappa shape index (κ1) is 15.6. The number of hydrogen-bond donors (Lipinski definition) is 2. The lowest BCUT2D eigenvalue weighted by Crippen LogP contribution is -2.47. The number of nitrogens with one attached hydrogen (secondary N) is 1. The third kappa shape index (κ3) is 3.90. The van der Waals surface area contributed by atoms with Gasteiger partial charge in [-0.1, -0.05) is 24.3 Å². The minimum absolute atomic E-state index is 0.514. The average Bonchev–Trinajstić information content (AvgIpc) is 2.59. The van der Waals surface area contributed by atoms with Crippen LogP contribution >= 0.6 is 0 Å². The molecule has 2 heterocycles. The van der Waals surface area contributed by atoms with Gasteiger partial charge in [-0.25, -0.2) is 9.78 Å². The molecule has 2 aromatic rings. The maximum Gasteiger partial charge on any atom is 0.404 e. The third-order valence-corrected chi connectivity index (χ3v) is 4.25. The Balaban J connectivity index is 1.55. The molecule has 0 saturated carbocycles. The smallest absolute Gasteiger partial charge is 0.404 e. The number of hydrogen-bond acceptors (Lipinski definition) is 4. The van der Waals surface area contributed by atoms with Gasteiger partial charge < -0.3 is 15.3 Å². The molecule has 0 aliphatic carbocycles. The summed E-state index contributed by atoms with van der Waals surface area (Å²) in [6, 6.07) is 10.4. The Kier molecular flexibility index (Phi) is 4.92. The van der Waals surface area contributed by atoms with E-state index in [9.17, 15) is 4.79 Å². The normalized spacial score (nSPS) is 15.7. The van der Waals surface area contributed by atoms with Gasteiger partial charge in [-0.3, -0.25) is 4.90 Å². The molecular formula is C17H22N4O2. The zero-order chi connectivity index (χ0) is 16.1. The molecule has 1 aromatic heterocycles. The molecule has 1 fully saturated rings. The number of fused-ring (bicyclic) bond motifs is 1. The summed E-state index contributed by atoms with van der Waals surface area (Å²) in [5.41, 5.74) is 0. The van der Waals surface area contributed by atoms with Crippen molar-refractivity contribution >= 4 is 22.7 Å². The SMILES string of the molecule is O=C(O)NCCCN1CCN(c2nccc3ccccc23)CC1. The van der Waals surface area contributed by atoms with Crippen LogP contribution in [0, 0.1) is 0 Å². The molecule has 0 radical (unpaired) electrons. The van der Waals surface area contributed by atoms with Crippen molar-refractivity contribution in [2.45, 2.75) is 6.42 Å². The number of benzene rings is 1. The van der Waals surface area contributed by atoms with Crippen molar-refractivity contribution in [2.75, 3.05) is 44.2 Å². The van der Waals surface area contributed by atoms with Crippen LogP contribution in [0.5, 0.6) is 0 Å². The summed E-state index contributed by atoms with van der Waals surface area (Å²) in [4.78, 5) is 19.7. The summed E-state index contributed by atoms with van der Waals surface area (Å²) < 4.78 is 0. The van der Waals surface area contributed by atoms with E-state index >= 15 is 0 Å². The Hall–Kier alpha value is -2.34. The summed E-state index contributed by atoms with van der Waals surface area (Å²) in [5, 5.41) is 13.4. The molecule has 3 rings (SSSR count). The molecule has 1 aromatic carbocycles. The first-order valence-electron chi connectivity index (χ1n) is 8.02. The van der Waals surface area contributed by atoms with E-state index in [1.807, 2.05) is 12.3 Å². The summed E-state index contributed by atoms with van der Waals surface area (Å²) in [6.07, 6.45) is 1.78. The lowest BCUT2D eigenvalue weighted by Gasteiger charge is -2.35. The zero-order valence-corrected chi connectivity index (χ0v) is 13.1. The molecule has 2 N–H and O–H groups in total. The molecular weight excluding hydrogens is 292 g/mol. The first-order chi connectivity index (χ1) is 11.2. The van der Waals surface area contributed by atoms with Crippen LogP contribution in [-0.2, 0) is 0 Å². The van der Waals surface area contributed by atoms with Gasteiger partial charge in [-0.15, -0.1) is 0 Å². The third-order valence-electron chi connectivity index (χ3n) is 4.25. The molecule has 1 saturated heterocycles. The Morgan fingerprint density at radius 3 is 2.74 bits per heavy atom. The van der Waals surface area contributed by atoms with Crippen molar-refractivity contribution in [2.24, 2.45) is 0 Å². The Labute approximate surface area is 135 Å². The molecule has 6 nitrogen and oxygen atoms in total. The Morgan fingerprint density at radius 1 is 1.17 bits per heavy atom. The van der Waals surface area contributed by atoms with Gasteiger partial charge in [0.15, 0.2) is 0 Å². The highest BCUT2D eigenvalue weighted by molar-refractivity contribution is 5.92. The fraction of sp³-hybridized carbons (Fsp3) is 0.412. The van der Waals surface area contributed by atoms with E-state index in [0.29, 0.717) is 6.54 Å². The number of nitrogens with zero attached hydrogens (tertiary/aromatic N) is 3. The van der Waals surface area contributed by atoms with Gasteiger partial charge in [0.25, 0.3) is 0 Å². The topological polar surface area (TPSA) is 68.7 Å². The molecule has 1 aliphatic heterocycles. The highest BCUT2D eigenvalue weighted by Crippen LogP contribution is 2.24. The molecule has 0 atom stereocenters. The summed E-state index contributed by atoms with van der Waals surface area (Å²) in [5.74, 6) is 1.07. The van der Waals surface area contributed by atoms with Crippen LogP contribution in [0.2, 0.25) is 0 Å². The molecule has 1 amide bonds. The average molecular weight is 314 g/mol. The predicted molar refractivity (Wildman–Crippen MR) is 91.0 cm³/mol. The quantitative estimate of drug-likeness (QED) is 0.826. The minimum Gasteiger partial charge on any atom is -0.465 e. The lowest BCUT2D eigenvalue weighted by atomic mass is 10.1. The van der Waals surface area contributed by atoms with E-state index in [2.05, 4.69) is 44.4 Å². The highest BCUT2D eigenvalue weighted by atomic mass is 16.4. The van der Waals surface area contributed by atoms with E-state index in [0.717, 1.165) is 45.0 Å². The van der Waals surface area contributed by atoms with Crippen LogP contribution in [-0.4, -0.2) is 60.4 Å². The van der Waals surface area contributed by atoms with Crippen LogP contribution < -0.4 is 10.2 Å². The Morgan fingerprint density at radius 2 is 1.96 bits per heavy atom. The number of carboxylic acid groups (broad SMARTS) is 1. The molecule has 1 aliphatic rings. The largest absolute Gasteiger partial charge is 0.465 e. The van der Waals surface area contributed by atoms with Gasteiger partial charge in [0.2, 0.25) is 0 Å². The molecule has 0 bridgehead atoms. The van der Waals surface area contributed by atoms with Crippen LogP contribution in [0.15, 0.2) is 36.5 Å². The van der Waals surface area contributed by atoms with E-state index in [1.165, 1.54) is 10.8 Å². The van der Waals surface area contributed by atoms with Crippen LogP contribution in [0.25, 0.3) is 10.8 Å². The van der Waals surface area contributed by atoms with Crippen molar-refractivity contribution < 1.29 is 9.90 Å². The van der Waals surface area contributed by atoms with E-state index in [4.69, 9.17) is 5.11 Å². The van der Waals surface area contributed by atoms with E-state index in [-0.39, 0.29) is 0 Å². The molecule has 0 spiro atoms. The van der Waals surface area contributed by atoms with Gasteiger partial charge in [0.05, 0.1) is 0 Å². The van der Waals surface area contributed by atoms with Crippen molar-refractivity contribution in [3.8, 4) is 0 Å². The number of rotatable bonds is 5. The predicted octanol–water partition coefficient (Wildman–Crippen LogP) is 2.01. The van der Waals surface area contributed by atoms with Crippen molar-refractivity contribution in [3.05, 3.63) is 36.5 Å². The molecule has 23 heavy (non-hydrogen) atoms. The van der Waals surface area contributed by atoms with Crippen molar-refractivity contribution in [1.29, 1.82) is 0 Å². The molecule has 122 valence electrons. The number of anilines is 1. The number of piperazine rings is 1. The number of pyridine rings is 1. The fourth-order valence-corrected chi connectivity index (χ4v) is 3.04.